The van der Waals surface area contributed by atoms with E-state index in [0.717, 1.165) is 64.2 Å². The van der Waals surface area contributed by atoms with Crippen molar-refractivity contribution in [3.8, 4) is 0 Å². The van der Waals surface area contributed by atoms with Crippen LogP contribution in [0.1, 0.15) is 59.8 Å². The van der Waals surface area contributed by atoms with Gasteiger partial charge in [-0.15, -0.1) is 0 Å². The molecule has 0 rings (SSSR count). The lowest BCUT2D eigenvalue weighted by Gasteiger charge is -2.09. The molecule has 0 fully saturated rings. The van der Waals surface area contributed by atoms with Gasteiger partial charge in [0.05, 0.1) is 0 Å². The zero-order chi connectivity index (χ0) is 17.2. The molecule has 0 aliphatic carbocycles. The first-order chi connectivity index (χ1) is 11.1. The van der Waals surface area contributed by atoms with Gasteiger partial charge in [0.1, 0.15) is 0 Å². The number of nitrogens with one attached hydrogen (secondary N) is 4. The Hall–Kier alpha value is -0.160. The monoisotopic (exact) mass is 328 g/mol. The maximum atomic E-state index is 3.52. The van der Waals surface area contributed by atoms with Gasteiger partial charge in [-0.25, -0.2) is 0 Å². The van der Waals surface area contributed by atoms with Crippen LogP contribution in [-0.4, -0.2) is 52.4 Å². The molecule has 0 atom stereocenters. The van der Waals surface area contributed by atoms with Gasteiger partial charge in [-0.3, -0.25) is 0 Å². The van der Waals surface area contributed by atoms with Gasteiger partial charge in [0.25, 0.3) is 0 Å². The second kappa shape index (κ2) is 18.2. The van der Waals surface area contributed by atoms with E-state index in [1.165, 1.54) is 32.1 Å². The summed E-state index contributed by atoms with van der Waals surface area (Å²) < 4.78 is 0. The number of hydrogen-bond acceptors (Lipinski definition) is 4. The van der Waals surface area contributed by atoms with Crippen LogP contribution >= 0.6 is 0 Å². The molecule has 140 valence electrons. The van der Waals surface area contributed by atoms with Crippen LogP contribution in [-0.2, 0) is 0 Å². The molecule has 0 amide bonds. The minimum atomic E-state index is 0.809. The van der Waals surface area contributed by atoms with E-state index in [9.17, 15) is 0 Å². The highest BCUT2D eigenvalue weighted by molar-refractivity contribution is 4.57. The zero-order valence-corrected chi connectivity index (χ0v) is 16.3. The Balaban J connectivity index is 2.97. The lowest BCUT2D eigenvalue weighted by Crippen LogP contribution is -2.27. The molecule has 0 unspecified atom stereocenters. The van der Waals surface area contributed by atoms with Crippen molar-refractivity contribution < 1.29 is 0 Å². The lowest BCUT2D eigenvalue weighted by atomic mass is 10.1. The minimum absolute atomic E-state index is 0.809. The van der Waals surface area contributed by atoms with Crippen LogP contribution in [0.4, 0.5) is 0 Å². The van der Waals surface area contributed by atoms with Crippen molar-refractivity contribution in [3.63, 3.8) is 0 Å². The highest BCUT2D eigenvalue weighted by Gasteiger charge is 1.95. The molecule has 0 aromatic carbocycles. The highest BCUT2D eigenvalue weighted by atomic mass is 14.9. The van der Waals surface area contributed by atoms with Crippen molar-refractivity contribution in [3.05, 3.63) is 0 Å². The molecule has 0 aliphatic rings. The largest absolute Gasteiger partial charge is 0.317 e. The van der Waals surface area contributed by atoms with Crippen molar-refractivity contribution in [1.29, 1.82) is 0 Å². The van der Waals surface area contributed by atoms with E-state index in [4.69, 9.17) is 0 Å². The first-order valence-electron chi connectivity index (χ1n) is 9.95. The normalized spacial score (nSPS) is 11.7. The maximum absolute atomic E-state index is 3.52. The average molecular weight is 329 g/mol. The zero-order valence-electron chi connectivity index (χ0n) is 16.3. The Labute approximate surface area is 146 Å². The molecule has 0 aromatic heterocycles. The summed E-state index contributed by atoms with van der Waals surface area (Å²) in [6.45, 7) is 18.2. The fourth-order valence-electron chi connectivity index (χ4n) is 2.30. The Morgan fingerprint density at radius 3 is 0.957 bits per heavy atom. The summed E-state index contributed by atoms with van der Waals surface area (Å²) in [5, 5.41) is 14.1. The van der Waals surface area contributed by atoms with Crippen LogP contribution in [0.15, 0.2) is 0 Å². The van der Waals surface area contributed by atoms with Crippen LogP contribution < -0.4 is 21.3 Å². The Bertz CT molecular complexity index is 197. The Morgan fingerprint density at radius 2 is 0.696 bits per heavy atom. The first kappa shape index (κ1) is 22.8. The smallest absolute Gasteiger partial charge is 0.00368 e. The van der Waals surface area contributed by atoms with Crippen LogP contribution in [0, 0.1) is 11.8 Å². The van der Waals surface area contributed by atoms with E-state index >= 15 is 0 Å². The summed E-state index contributed by atoms with van der Waals surface area (Å²) in [5.41, 5.74) is 0. The number of hydrogen-bond donors (Lipinski definition) is 4. The molecule has 0 saturated carbocycles. The van der Waals surface area contributed by atoms with Gasteiger partial charge in [0.15, 0.2) is 0 Å². The van der Waals surface area contributed by atoms with E-state index in [1.807, 2.05) is 0 Å². The molecular weight excluding hydrogens is 284 g/mol. The molecule has 0 heterocycles. The highest BCUT2D eigenvalue weighted by Crippen LogP contribution is 1.96. The quantitative estimate of drug-likeness (QED) is 0.292. The van der Waals surface area contributed by atoms with Gasteiger partial charge in [0, 0.05) is 0 Å². The maximum Gasteiger partial charge on any atom is -0.00368 e. The van der Waals surface area contributed by atoms with Crippen molar-refractivity contribution >= 4 is 0 Å². The third-order valence-corrected chi connectivity index (χ3v) is 3.92. The van der Waals surface area contributed by atoms with Crippen molar-refractivity contribution in [1.82, 2.24) is 21.3 Å². The SMILES string of the molecule is CC(C)CCNCCCNCCCNCCCNCCC(C)C. The van der Waals surface area contributed by atoms with Crippen molar-refractivity contribution in [2.75, 3.05) is 52.4 Å². The summed E-state index contributed by atoms with van der Waals surface area (Å²) in [4.78, 5) is 0. The molecule has 0 aliphatic heterocycles. The molecule has 4 N–H and O–H groups in total. The Morgan fingerprint density at radius 1 is 0.435 bits per heavy atom. The molecule has 0 spiro atoms. The lowest BCUT2D eigenvalue weighted by molar-refractivity contribution is 0.513. The van der Waals surface area contributed by atoms with Gasteiger partial charge >= 0.3 is 0 Å². The van der Waals surface area contributed by atoms with Gasteiger partial charge in [-0.1, -0.05) is 27.7 Å². The molecule has 23 heavy (non-hydrogen) atoms. The third kappa shape index (κ3) is 21.8. The van der Waals surface area contributed by atoms with Crippen molar-refractivity contribution in [2.45, 2.75) is 59.8 Å². The van der Waals surface area contributed by atoms with Crippen LogP contribution in [0.2, 0.25) is 0 Å². The predicted octanol–water partition coefficient (Wildman–Crippen LogP) is 2.61. The second-order valence-corrected chi connectivity index (χ2v) is 7.43. The van der Waals surface area contributed by atoms with Crippen molar-refractivity contribution in [2.24, 2.45) is 11.8 Å². The third-order valence-electron chi connectivity index (χ3n) is 3.92. The number of rotatable bonds is 18. The summed E-state index contributed by atoms with van der Waals surface area (Å²) in [6, 6.07) is 0. The molecule has 4 heteroatoms. The molecule has 0 aromatic rings. The topological polar surface area (TPSA) is 48.1 Å². The van der Waals surface area contributed by atoms with Gasteiger partial charge in [-0.05, 0) is 96.3 Å². The Kier molecular flexibility index (Phi) is 18.1. The van der Waals surface area contributed by atoms with Crippen LogP contribution in [0.25, 0.3) is 0 Å². The molecule has 0 radical (unpaired) electrons. The summed E-state index contributed by atoms with van der Waals surface area (Å²) >= 11 is 0. The fourth-order valence-corrected chi connectivity index (χ4v) is 2.30. The minimum Gasteiger partial charge on any atom is -0.317 e. The summed E-state index contributed by atoms with van der Waals surface area (Å²) in [6.07, 6.45) is 6.25. The predicted molar refractivity (Wildman–Crippen MR) is 104 cm³/mol. The van der Waals surface area contributed by atoms with E-state index < -0.39 is 0 Å². The summed E-state index contributed by atoms with van der Waals surface area (Å²) in [5.74, 6) is 1.62. The first-order valence-corrected chi connectivity index (χ1v) is 9.95. The molecule has 0 saturated heterocycles. The fraction of sp³-hybridized carbons (Fsp3) is 1.00. The molecular formula is C19H44N4. The van der Waals surface area contributed by atoms with E-state index in [-0.39, 0.29) is 0 Å². The second-order valence-electron chi connectivity index (χ2n) is 7.43. The van der Waals surface area contributed by atoms with E-state index in [0.29, 0.717) is 0 Å². The standard InChI is InChI=1S/C19H44N4/c1-18(2)8-16-22-14-6-12-20-10-5-11-21-13-7-15-23-17-9-19(3)4/h18-23H,5-17H2,1-4H3. The van der Waals surface area contributed by atoms with Gasteiger partial charge in [0.2, 0.25) is 0 Å². The summed E-state index contributed by atoms with van der Waals surface area (Å²) in [7, 11) is 0. The van der Waals surface area contributed by atoms with Crippen LogP contribution in [0.5, 0.6) is 0 Å². The van der Waals surface area contributed by atoms with Gasteiger partial charge in [-0.2, -0.15) is 0 Å². The average Bonchev–Trinajstić information content (AvgIpc) is 2.49. The van der Waals surface area contributed by atoms with E-state index in [1.54, 1.807) is 0 Å². The van der Waals surface area contributed by atoms with Crippen LogP contribution in [0.3, 0.4) is 0 Å². The molecule has 4 nitrogen and oxygen atoms in total. The molecule has 0 bridgehead atoms. The van der Waals surface area contributed by atoms with E-state index in [2.05, 4.69) is 49.0 Å². The van der Waals surface area contributed by atoms with Gasteiger partial charge < -0.3 is 21.3 Å².